The summed E-state index contributed by atoms with van der Waals surface area (Å²) in [4.78, 5) is 0. The minimum Gasteiger partial charge on any atom is -0.229 e. The lowest BCUT2D eigenvalue weighted by Crippen LogP contribution is -2.30. The van der Waals surface area contributed by atoms with E-state index in [1.54, 1.807) is 0 Å². The van der Waals surface area contributed by atoms with Crippen molar-refractivity contribution in [2.75, 3.05) is 23.3 Å². The molecule has 0 aromatic carbocycles. The molecule has 0 saturated carbocycles. The van der Waals surface area contributed by atoms with Crippen molar-refractivity contribution in [3.05, 3.63) is 0 Å². The fraction of sp³-hybridized carbons (Fsp3) is 1.00. The largest absolute Gasteiger partial charge is 0.229 e. The van der Waals surface area contributed by atoms with Crippen LogP contribution in [0.4, 0.5) is 0 Å². The molecule has 2 nitrogen and oxygen atoms in total. The van der Waals surface area contributed by atoms with E-state index in [-0.39, 0.29) is 16.9 Å². The van der Waals surface area contributed by atoms with Gasteiger partial charge in [0.1, 0.15) is 9.84 Å². The summed E-state index contributed by atoms with van der Waals surface area (Å²) in [6, 6.07) is 0. The summed E-state index contributed by atoms with van der Waals surface area (Å²) in [7, 11) is -2.94. The first-order valence-electron chi connectivity index (χ1n) is 6.13. The van der Waals surface area contributed by atoms with Crippen molar-refractivity contribution >= 4 is 33.0 Å². The molecule has 0 aliphatic carbocycles. The molecule has 0 saturated heterocycles. The first-order valence-corrected chi connectivity index (χ1v) is 9.02. The second-order valence-electron chi connectivity index (χ2n) is 5.27. The maximum absolute atomic E-state index is 11.7. The lowest BCUT2D eigenvalue weighted by molar-refractivity contribution is 0.288. The summed E-state index contributed by atoms with van der Waals surface area (Å²) in [5, 5.41) is 0. The van der Waals surface area contributed by atoms with Crippen LogP contribution in [0, 0.1) is 11.3 Å². The minimum absolute atomic E-state index is 0.201. The molecule has 0 N–H and O–H groups in total. The van der Waals surface area contributed by atoms with E-state index < -0.39 is 9.84 Å². The molecule has 0 amide bonds. The van der Waals surface area contributed by atoms with E-state index in [2.05, 4.69) is 13.8 Å². The number of hydrogen-bond acceptors (Lipinski definition) is 2. The zero-order valence-corrected chi connectivity index (χ0v) is 13.3. The molecular weight excluding hydrogens is 279 g/mol. The minimum atomic E-state index is -2.94. The number of rotatable bonds is 9. The summed E-state index contributed by atoms with van der Waals surface area (Å²) >= 11 is 12.0. The second kappa shape index (κ2) is 7.85. The van der Waals surface area contributed by atoms with E-state index in [1.165, 1.54) is 0 Å². The molecule has 104 valence electrons. The summed E-state index contributed by atoms with van der Waals surface area (Å²) in [6.45, 7) is 6.09. The summed E-state index contributed by atoms with van der Waals surface area (Å²) in [6.07, 6.45) is 2.11. The van der Waals surface area contributed by atoms with Gasteiger partial charge in [-0.15, -0.1) is 23.2 Å². The molecule has 0 spiro atoms. The van der Waals surface area contributed by atoms with E-state index in [4.69, 9.17) is 23.2 Å². The average Bonchev–Trinajstić information content (AvgIpc) is 2.24. The van der Waals surface area contributed by atoms with E-state index in [0.29, 0.717) is 30.5 Å². The van der Waals surface area contributed by atoms with E-state index in [1.807, 2.05) is 6.92 Å². The third-order valence-corrected chi connectivity index (χ3v) is 5.86. The van der Waals surface area contributed by atoms with Crippen molar-refractivity contribution in [2.45, 2.75) is 40.0 Å². The summed E-state index contributed by atoms with van der Waals surface area (Å²) in [5.74, 6) is 1.79. The molecule has 0 aromatic heterocycles. The van der Waals surface area contributed by atoms with Crippen molar-refractivity contribution in [2.24, 2.45) is 11.3 Å². The summed E-state index contributed by atoms with van der Waals surface area (Å²) in [5.41, 5.74) is -0.238. The van der Waals surface area contributed by atoms with Gasteiger partial charge in [0.05, 0.1) is 5.75 Å². The van der Waals surface area contributed by atoms with Gasteiger partial charge in [0.2, 0.25) is 0 Å². The topological polar surface area (TPSA) is 34.1 Å². The van der Waals surface area contributed by atoms with Crippen LogP contribution in [0.2, 0.25) is 0 Å². The average molecular weight is 303 g/mol. The maximum atomic E-state index is 11.7. The quantitative estimate of drug-likeness (QED) is 0.608. The monoisotopic (exact) mass is 302 g/mol. The van der Waals surface area contributed by atoms with Crippen LogP contribution < -0.4 is 0 Å². The molecule has 0 aromatic rings. The van der Waals surface area contributed by atoms with Gasteiger partial charge in [-0.2, -0.15) is 0 Å². The molecule has 0 fully saturated rings. The Morgan fingerprint density at radius 2 is 1.65 bits per heavy atom. The van der Waals surface area contributed by atoms with E-state index in [9.17, 15) is 8.42 Å². The van der Waals surface area contributed by atoms with Crippen molar-refractivity contribution < 1.29 is 8.42 Å². The van der Waals surface area contributed by atoms with Gasteiger partial charge in [-0.05, 0) is 30.6 Å². The Balaban J connectivity index is 4.56. The van der Waals surface area contributed by atoms with Crippen molar-refractivity contribution in [1.29, 1.82) is 0 Å². The highest BCUT2D eigenvalue weighted by molar-refractivity contribution is 7.91. The van der Waals surface area contributed by atoms with Gasteiger partial charge >= 0.3 is 0 Å². The van der Waals surface area contributed by atoms with Crippen LogP contribution >= 0.6 is 23.2 Å². The van der Waals surface area contributed by atoms with Crippen LogP contribution in [0.3, 0.4) is 0 Å². The zero-order valence-electron chi connectivity index (χ0n) is 11.0. The van der Waals surface area contributed by atoms with Crippen LogP contribution in [-0.2, 0) is 9.84 Å². The lowest BCUT2D eigenvalue weighted by atomic mass is 9.81. The third-order valence-electron chi connectivity index (χ3n) is 2.87. The third kappa shape index (κ3) is 6.88. The molecule has 0 aliphatic heterocycles. The molecule has 0 heterocycles. The van der Waals surface area contributed by atoms with Crippen molar-refractivity contribution in [3.63, 3.8) is 0 Å². The SMILES string of the molecule is CCCS(=O)(=O)CCC(CCl)(CCl)CC(C)C. The van der Waals surface area contributed by atoms with Crippen molar-refractivity contribution in [1.82, 2.24) is 0 Å². The van der Waals surface area contributed by atoms with Crippen LogP contribution in [0.1, 0.15) is 40.0 Å². The fourth-order valence-electron chi connectivity index (χ4n) is 2.03. The van der Waals surface area contributed by atoms with E-state index in [0.717, 1.165) is 6.42 Å². The van der Waals surface area contributed by atoms with Gasteiger partial charge in [-0.1, -0.05) is 20.8 Å². The number of alkyl halides is 2. The van der Waals surface area contributed by atoms with Crippen LogP contribution in [0.25, 0.3) is 0 Å². The van der Waals surface area contributed by atoms with Gasteiger partial charge in [-0.3, -0.25) is 0 Å². The molecule has 0 rings (SSSR count). The Morgan fingerprint density at radius 3 is 2.00 bits per heavy atom. The smallest absolute Gasteiger partial charge is 0.150 e. The highest BCUT2D eigenvalue weighted by Crippen LogP contribution is 2.34. The number of halogens is 2. The predicted molar refractivity (Wildman–Crippen MR) is 76.9 cm³/mol. The maximum Gasteiger partial charge on any atom is 0.150 e. The van der Waals surface area contributed by atoms with Gasteiger partial charge < -0.3 is 0 Å². The first-order chi connectivity index (χ1) is 7.81. The second-order valence-corrected chi connectivity index (χ2v) is 8.11. The fourth-order valence-corrected chi connectivity index (χ4v) is 4.37. The molecule has 0 atom stereocenters. The Kier molecular flexibility index (Phi) is 8.10. The Labute approximate surface area is 116 Å². The van der Waals surface area contributed by atoms with Gasteiger partial charge in [0.15, 0.2) is 0 Å². The molecule has 17 heavy (non-hydrogen) atoms. The van der Waals surface area contributed by atoms with Crippen LogP contribution in [0.5, 0.6) is 0 Å². The first kappa shape index (κ1) is 17.5. The lowest BCUT2D eigenvalue weighted by Gasteiger charge is -2.31. The van der Waals surface area contributed by atoms with Crippen molar-refractivity contribution in [3.8, 4) is 0 Å². The highest BCUT2D eigenvalue weighted by atomic mass is 35.5. The molecule has 0 unspecified atom stereocenters. The number of sulfone groups is 1. The molecule has 5 heteroatoms. The predicted octanol–water partition coefficient (Wildman–Crippen LogP) is 3.71. The van der Waals surface area contributed by atoms with Gasteiger partial charge in [0, 0.05) is 17.5 Å². The van der Waals surface area contributed by atoms with Gasteiger partial charge in [0.25, 0.3) is 0 Å². The molecular formula is C12H24Cl2O2S. The molecule has 0 aliphatic rings. The summed E-state index contributed by atoms with van der Waals surface area (Å²) < 4.78 is 23.4. The number of hydrogen-bond donors (Lipinski definition) is 0. The van der Waals surface area contributed by atoms with Crippen LogP contribution in [0.15, 0.2) is 0 Å². The Morgan fingerprint density at radius 1 is 1.12 bits per heavy atom. The Bertz CT molecular complexity index is 296. The molecule has 0 bridgehead atoms. The molecule has 0 radical (unpaired) electrons. The zero-order chi connectivity index (χ0) is 13.5. The van der Waals surface area contributed by atoms with E-state index >= 15 is 0 Å². The van der Waals surface area contributed by atoms with Gasteiger partial charge in [-0.25, -0.2) is 8.42 Å². The van der Waals surface area contributed by atoms with Crippen LogP contribution in [-0.4, -0.2) is 31.7 Å². The standard InChI is InChI=1S/C12H24Cl2O2S/c1-4-6-17(15,16)7-5-12(9-13,10-14)8-11(2)3/h11H,4-10H2,1-3H3. The Hall–Kier alpha value is 0.530. The normalized spacial score (nSPS) is 13.3. The highest BCUT2D eigenvalue weighted by Gasteiger charge is 2.30.